The topological polar surface area (TPSA) is 41.1 Å². The fourth-order valence-electron chi connectivity index (χ4n) is 1.95. The van der Waals surface area contributed by atoms with Crippen molar-refractivity contribution in [2.45, 2.75) is 25.3 Å². The van der Waals surface area contributed by atoms with E-state index in [1.54, 1.807) is 0 Å². The molecule has 2 rings (SSSR count). The van der Waals surface area contributed by atoms with Gasteiger partial charge in [-0.2, -0.15) is 0 Å². The molecule has 0 aliphatic carbocycles. The summed E-state index contributed by atoms with van der Waals surface area (Å²) in [6, 6.07) is 3.74. The molecule has 1 amide bonds. The highest BCUT2D eigenvalue weighted by Gasteiger charge is 2.21. The summed E-state index contributed by atoms with van der Waals surface area (Å²) < 4.78 is 2.66. The van der Waals surface area contributed by atoms with Crippen molar-refractivity contribution in [3.8, 4) is 0 Å². The third kappa shape index (κ3) is 3.56. The molecule has 3 nitrogen and oxygen atoms in total. The van der Waals surface area contributed by atoms with Gasteiger partial charge in [0, 0.05) is 13.4 Å². The summed E-state index contributed by atoms with van der Waals surface area (Å²) in [7, 11) is 0. The molecule has 2 N–H and O–H groups in total. The second-order valence-corrected chi connectivity index (χ2v) is 6.86. The smallest absolute Gasteiger partial charge is 0.241 e. The SMILES string of the molecule is O=C(Nc1c(Br)cc(Br)cc1Br)[C@H]1CCCCN1. The van der Waals surface area contributed by atoms with Crippen LogP contribution in [0.25, 0.3) is 0 Å². The van der Waals surface area contributed by atoms with E-state index in [2.05, 4.69) is 58.4 Å². The maximum Gasteiger partial charge on any atom is 0.241 e. The third-order valence-corrected chi connectivity index (χ3v) is 4.59. The average Bonchev–Trinajstić information content (AvgIpc) is 2.34. The number of nitrogens with one attached hydrogen (secondary N) is 2. The number of hydrogen-bond acceptors (Lipinski definition) is 2. The van der Waals surface area contributed by atoms with E-state index in [-0.39, 0.29) is 11.9 Å². The zero-order valence-corrected chi connectivity index (χ0v) is 14.4. The highest BCUT2D eigenvalue weighted by Crippen LogP contribution is 2.34. The van der Waals surface area contributed by atoms with Gasteiger partial charge in [-0.3, -0.25) is 4.79 Å². The molecule has 0 bridgehead atoms. The van der Waals surface area contributed by atoms with Crippen LogP contribution in [0.15, 0.2) is 25.6 Å². The Bertz CT molecular complexity index is 436. The summed E-state index contributed by atoms with van der Waals surface area (Å²) in [5.74, 6) is 0.0263. The fraction of sp³-hybridized carbons (Fsp3) is 0.417. The Labute approximate surface area is 131 Å². The molecule has 1 heterocycles. The van der Waals surface area contributed by atoms with Gasteiger partial charge in [0.2, 0.25) is 5.91 Å². The molecular weight excluding hydrogens is 428 g/mol. The van der Waals surface area contributed by atoms with Gasteiger partial charge < -0.3 is 10.6 Å². The van der Waals surface area contributed by atoms with Gasteiger partial charge in [0.1, 0.15) is 0 Å². The Morgan fingerprint density at radius 1 is 1.22 bits per heavy atom. The number of halogens is 3. The van der Waals surface area contributed by atoms with Crippen LogP contribution in [0.5, 0.6) is 0 Å². The lowest BCUT2D eigenvalue weighted by molar-refractivity contribution is -0.118. The first-order valence-electron chi connectivity index (χ1n) is 5.76. The van der Waals surface area contributed by atoms with Crippen molar-refractivity contribution >= 4 is 59.4 Å². The van der Waals surface area contributed by atoms with Gasteiger partial charge in [-0.15, -0.1) is 0 Å². The number of hydrogen-bond donors (Lipinski definition) is 2. The van der Waals surface area contributed by atoms with Crippen molar-refractivity contribution in [1.82, 2.24) is 5.32 Å². The summed E-state index contributed by atoms with van der Waals surface area (Å²) in [5.41, 5.74) is 0.774. The normalized spacial score (nSPS) is 19.6. The van der Waals surface area contributed by atoms with Gasteiger partial charge in [-0.25, -0.2) is 0 Å². The molecule has 1 aromatic carbocycles. The molecule has 0 aromatic heterocycles. The standard InChI is InChI=1S/C12H13Br3N2O/c13-7-5-8(14)11(9(15)6-7)17-12(18)10-3-1-2-4-16-10/h5-6,10,16H,1-4H2,(H,17,18)/t10-/m1/s1. The molecule has 98 valence electrons. The van der Waals surface area contributed by atoms with Gasteiger partial charge in [0.05, 0.1) is 11.7 Å². The van der Waals surface area contributed by atoms with E-state index < -0.39 is 0 Å². The van der Waals surface area contributed by atoms with E-state index in [0.717, 1.165) is 44.9 Å². The van der Waals surface area contributed by atoms with Crippen LogP contribution in [0.1, 0.15) is 19.3 Å². The van der Waals surface area contributed by atoms with E-state index in [9.17, 15) is 4.79 Å². The van der Waals surface area contributed by atoms with Gasteiger partial charge >= 0.3 is 0 Å². The number of piperidine rings is 1. The van der Waals surface area contributed by atoms with Crippen LogP contribution in [-0.4, -0.2) is 18.5 Å². The molecule has 6 heteroatoms. The van der Waals surface area contributed by atoms with Crippen molar-refractivity contribution < 1.29 is 4.79 Å². The van der Waals surface area contributed by atoms with E-state index in [1.807, 2.05) is 12.1 Å². The first-order chi connectivity index (χ1) is 8.58. The Hall–Kier alpha value is 0.0900. The van der Waals surface area contributed by atoms with Crippen molar-refractivity contribution in [3.63, 3.8) is 0 Å². The van der Waals surface area contributed by atoms with Crippen molar-refractivity contribution in [3.05, 3.63) is 25.6 Å². The average molecular weight is 441 g/mol. The summed E-state index contributed by atoms with van der Waals surface area (Å²) in [4.78, 5) is 12.1. The predicted molar refractivity (Wildman–Crippen MR) is 83.8 cm³/mol. The molecule has 1 fully saturated rings. The van der Waals surface area contributed by atoms with E-state index in [4.69, 9.17) is 0 Å². The Balaban J connectivity index is 2.11. The second kappa shape index (κ2) is 6.50. The Morgan fingerprint density at radius 2 is 1.89 bits per heavy atom. The number of anilines is 1. The second-order valence-electron chi connectivity index (χ2n) is 4.24. The molecule has 1 aliphatic rings. The third-order valence-electron chi connectivity index (χ3n) is 2.88. The van der Waals surface area contributed by atoms with Gasteiger partial charge in [0.15, 0.2) is 0 Å². The largest absolute Gasteiger partial charge is 0.323 e. The quantitative estimate of drug-likeness (QED) is 0.728. The molecule has 1 saturated heterocycles. The molecule has 0 unspecified atom stereocenters. The first kappa shape index (κ1) is 14.5. The Kier molecular flexibility index (Phi) is 5.24. The minimum atomic E-state index is -0.0822. The number of carbonyl (C=O) groups is 1. The minimum absolute atomic E-state index is 0.0263. The van der Waals surface area contributed by atoms with E-state index >= 15 is 0 Å². The molecule has 18 heavy (non-hydrogen) atoms. The first-order valence-corrected chi connectivity index (χ1v) is 8.14. The lowest BCUT2D eigenvalue weighted by Gasteiger charge is -2.23. The fourth-order valence-corrected chi connectivity index (χ4v) is 4.40. The summed E-state index contributed by atoms with van der Waals surface area (Å²) >= 11 is 10.3. The number of rotatable bonds is 2. The van der Waals surface area contributed by atoms with Gasteiger partial charge in [0.25, 0.3) is 0 Å². The van der Waals surface area contributed by atoms with Crippen molar-refractivity contribution in [2.24, 2.45) is 0 Å². The van der Waals surface area contributed by atoms with Crippen LogP contribution in [0, 0.1) is 0 Å². The van der Waals surface area contributed by atoms with Crippen LogP contribution in [0.3, 0.4) is 0 Å². The molecule has 0 radical (unpaired) electrons. The minimum Gasteiger partial charge on any atom is -0.323 e. The van der Waals surface area contributed by atoms with E-state index in [1.165, 1.54) is 0 Å². The summed E-state index contributed by atoms with van der Waals surface area (Å²) in [6.45, 7) is 0.917. The molecule has 0 spiro atoms. The molecule has 1 aliphatic heterocycles. The van der Waals surface area contributed by atoms with Crippen LogP contribution in [0.4, 0.5) is 5.69 Å². The zero-order valence-electron chi connectivity index (χ0n) is 9.60. The number of carbonyl (C=O) groups excluding carboxylic acids is 1. The molecule has 0 saturated carbocycles. The summed E-state index contributed by atoms with van der Waals surface area (Å²) in [5, 5.41) is 6.20. The predicted octanol–water partition coefficient (Wildman–Crippen LogP) is 4.05. The molecule has 1 aromatic rings. The van der Waals surface area contributed by atoms with Crippen LogP contribution < -0.4 is 10.6 Å². The Morgan fingerprint density at radius 3 is 2.44 bits per heavy atom. The van der Waals surface area contributed by atoms with Crippen molar-refractivity contribution in [1.29, 1.82) is 0 Å². The maximum absolute atomic E-state index is 12.1. The lowest BCUT2D eigenvalue weighted by Crippen LogP contribution is -2.43. The lowest BCUT2D eigenvalue weighted by atomic mass is 10.0. The highest BCUT2D eigenvalue weighted by atomic mass is 79.9. The van der Waals surface area contributed by atoms with Gasteiger partial charge in [-0.1, -0.05) is 22.4 Å². The monoisotopic (exact) mass is 438 g/mol. The van der Waals surface area contributed by atoms with E-state index in [0.29, 0.717) is 0 Å². The van der Waals surface area contributed by atoms with Crippen LogP contribution >= 0.6 is 47.8 Å². The van der Waals surface area contributed by atoms with Crippen LogP contribution in [-0.2, 0) is 4.79 Å². The van der Waals surface area contributed by atoms with Crippen LogP contribution in [0.2, 0.25) is 0 Å². The van der Waals surface area contributed by atoms with Gasteiger partial charge in [-0.05, 0) is 63.4 Å². The maximum atomic E-state index is 12.1. The zero-order chi connectivity index (χ0) is 13.1. The molecule has 1 atom stereocenters. The summed E-state index contributed by atoms with van der Waals surface area (Å²) in [6.07, 6.45) is 3.15. The number of amides is 1. The molecular formula is C12H13Br3N2O. The number of benzene rings is 1. The highest BCUT2D eigenvalue weighted by molar-refractivity contribution is 9.11. The van der Waals surface area contributed by atoms with Crippen molar-refractivity contribution in [2.75, 3.05) is 11.9 Å².